The molecule has 5 heteroatoms. The lowest BCUT2D eigenvalue weighted by molar-refractivity contribution is -0.141. The quantitative estimate of drug-likeness (QED) is 0.889. The number of carbonyl (C=O) groups excluding carboxylic acids is 1. The summed E-state index contributed by atoms with van der Waals surface area (Å²) in [5.74, 6) is -0.459. The summed E-state index contributed by atoms with van der Waals surface area (Å²) in [6, 6.07) is 4.83. The minimum atomic E-state index is -0.976. The number of amides is 1. The molecule has 19 heavy (non-hydrogen) atoms. The standard InChI is InChI=1S/C14H17NO4/c1-9-5-3-6-10(2)12(9)19-14(18)15-8-4-7-11(15)13(16)17/h3,5-6,11H,4,7-8H2,1-2H3,(H,16,17). The van der Waals surface area contributed by atoms with Crippen LogP contribution in [0.15, 0.2) is 18.2 Å². The largest absolute Gasteiger partial charge is 0.480 e. The van der Waals surface area contributed by atoms with Crippen molar-refractivity contribution in [2.45, 2.75) is 32.7 Å². The second kappa shape index (κ2) is 5.30. The minimum absolute atomic E-state index is 0.431. The smallest absolute Gasteiger partial charge is 0.416 e. The van der Waals surface area contributed by atoms with Crippen molar-refractivity contribution in [1.82, 2.24) is 4.90 Å². The Bertz CT molecular complexity index is 492. The Balaban J connectivity index is 2.15. The molecule has 0 radical (unpaired) electrons. The molecule has 1 heterocycles. The normalized spacial score (nSPS) is 18.4. The number of likely N-dealkylation sites (tertiary alicyclic amines) is 1. The Morgan fingerprint density at radius 1 is 1.32 bits per heavy atom. The second-order valence-corrected chi connectivity index (χ2v) is 4.78. The average Bonchev–Trinajstić information content (AvgIpc) is 2.83. The molecule has 0 spiro atoms. The molecular weight excluding hydrogens is 246 g/mol. The molecule has 1 fully saturated rings. The number of hydrogen-bond donors (Lipinski definition) is 1. The number of ether oxygens (including phenoxy) is 1. The number of nitrogens with zero attached hydrogens (tertiary/aromatic N) is 1. The fraction of sp³-hybridized carbons (Fsp3) is 0.429. The number of carboxylic acids is 1. The monoisotopic (exact) mass is 263 g/mol. The van der Waals surface area contributed by atoms with Gasteiger partial charge in [-0.25, -0.2) is 9.59 Å². The fourth-order valence-corrected chi connectivity index (χ4v) is 2.35. The van der Waals surface area contributed by atoms with E-state index in [9.17, 15) is 9.59 Å². The summed E-state index contributed by atoms with van der Waals surface area (Å²) < 4.78 is 5.36. The third-order valence-electron chi connectivity index (χ3n) is 3.37. The summed E-state index contributed by atoms with van der Waals surface area (Å²) in [4.78, 5) is 24.4. The molecule has 2 rings (SSSR count). The highest BCUT2D eigenvalue weighted by Crippen LogP contribution is 2.25. The van der Waals surface area contributed by atoms with Crippen LogP contribution in [0.2, 0.25) is 0 Å². The van der Waals surface area contributed by atoms with E-state index >= 15 is 0 Å². The van der Waals surface area contributed by atoms with E-state index in [4.69, 9.17) is 9.84 Å². The highest BCUT2D eigenvalue weighted by molar-refractivity contribution is 5.81. The lowest BCUT2D eigenvalue weighted by Gasteiger charge is -2.21. The molecule has 1 aliphatic heterocycles. The van der Waals surface area contributed by atoms with Crippen molar-refractivity contribution in [1.29, 1.82) is 0 Å². The molecule has 1 amide bonds. The molecule has 0 bridgehead atoms. The maximum Gasteiger partial charge on any atom is 0.416 e. The molecule has 0 aromatic heterocycles. The van der Waals surface area contributed by atoms with Gasteiger partial charge in [0.15, 0.2) is 0 Å². The van der Waals surface area contributed by atoms with Gasteiger partial charge in [0.25, 0.3) is 0 Å². The summed E-state index contributed by atoms with van der Waals surface area (Å²) in [5, 5.41) is 9.06. The Hall–Kier alpha value is -2.04. The van der Waals surface area contributed by atoms with Crippen LogP contribution in [0.25, 0.3) is 0 Å². The van der Waals surface area contributed by atoms with Crippen molar-refractivity contribution >= 4 is 12.1 Å². The first-order chi connectivity index (χ1) is 9.00. The maximum absolute atomic E-state index is 12.1. The highest BCUT2D eigenvalue weighted by atomic mass is 16.6. The van der Waals surface area contributed by atoms with Gasteiger partial charge in [0.1, 0.15) is 11.8 Å². The number of carboxylic acid groups (broad SMARTS) is 1. The number of rotatable bonds is 2. The Morgan fingerprint density at radius 3 is 2.53 bits per heavy atom. The van der Waals surface area contributed by atoms with Gasteiger partial charge in [-0.2, -0.15) is 0 Å². The van der Waals surface area contributed by atoms with Gasteiger partial charge in [0, 0.05) is 6.54 Å². The van der Waals surface area contributed by atoms with Crippen LogP contribution in [0.5, 0.6) is 5.75 Å². The van der Waals surface area contributed by atoms with E-state index < -0.39 is 18.1 Å². The molecule has 1 aromatic rings. The van der Waals surface area contributed by atoms with Crippen molar-refractivity contribution < 1.29 is 19.4 Å². The van der Waals surface area contributed by atoms with Gasteiger partial charge in [-0.15, -0.1) is 0 Å². The molecule has 102 valence electrons. The van der Waals surface area contributed by atoms with Crippen molar-refractivity contribution in [2.24, 2.45) is 0 Å². The van der Waals surface area contributed by atoms with Crippen LogP contribution in [-0.2, 0) is 4.79 Å². The lowest BCUT2D eigenvalue weighted by Crippen LogP contribution is -2.42. The summed E-state index contributed by atoms with van der Waals surface area (Å²) in [6.07, 6.45) is 0.595. The van der Waals surface area contributed by atoms with E-state index in [-0.39, 0.29) is 0 Å². The first-order valence-electron chi connectivity index (χ1n) is 6.28. The third-order valence-corrected chi connectivity index (χ3v) is 3.37. The van der Waals surface area contributed by atoms with Crippen LogP contribution in [0.3, 0.4) is 0 Å². The molecule has 5 nitrogen and oxygen atoms in total. The maximum atomic E-state index is 12.1. The number of carbonyl (C=O) groups is 2. The predicted octanol–water partition coefficient (Wildman–Crippen LogP) is 2.35. The summed E-state index contributed by atoms with van der Waals surface area (Å²) in [7, 11) is 0. The molecule has 1 aromatic carbocycles. The van der Waals surface area contributed by atoms with E-state index in [0.29, 0.717) is 25.1 Å². The lowest BCUT2D eigenvalue weighted by atomic mass is 10.1. The molecule has 1 unspecified atom stereocenters. The first kappa shape index (κ1) is 13.4. The van der Waals surface area contributed by atoms with Crippen molar-refractivity contribution in [3.8, 4) is 5.75 Å². The van der Waals surface area contributed by atoms with Crippen LogP contribution >= 0.6 is 0 Å². The average molecular weight is 263 g/mol. The van der Waals surface area contributed by atoms with Crippen LogP contribution in [0, 0.1) is 13.8 Å². The summed E-state index contributed by atoms with van der Waals surface area (Å²) in [6.45, 7) is 4.14. The Kier molecular flexibility index (Phi) is 3.74. The van der Waals surface area contributed by atoms with Gasteiger partial charge in [-0.05, 0) is 37.8 Å². The highest BCUT2D eigenvalue weighted by Gasteiger charge is 2.35. The zero-order valence-corrected chi connectivity index (χ0v) is 11.0. The summed E-state index contributed by atoms with van der Waals surface area (Å²) in [5.41, 5.74) is 1.72. The van der Waals surface area contributed by atoms with Crippen LogP contribution < -0.4 is 4.74 Å². The molecular formula is C14H17NO4. The number of para-hydroxylation sites is 1. The first-order valence-corrected chi connectivity index (χ1v) is 6.28. The van der Waals surface area contributed by atoms with Gasteiger partial charge in [-0.1, -0.05) is 18.2 Å². The van der Waals surface area contributed by atoms with E-state index in [2.05, 4.69) is 0 Å². The van der Waals surface area contributed by atoms with Gasteiger partial charge in [0.2, 0.25) is 0 Å². The topological polar surface area (TPSA) is 66.8 Å². The minimum Gasteiger partial charge on any atom is -0.480 e. The zero-order chi connectivity index (χ0) is 14.0. The van der Waals surface area contributed by atoms with Gasteiger partial charge >= 0.3 is 12.1 Å². The molecule has 0 saturated carbocycles. The van der Waals surface area contributed by atoms with Crippen LogP contribution in [-0.4, -0.2) is 34.7 Å². The molecule has 1 saturated heterocycles. The van der Waals surface area contributed by atoms with E-state index in [1.165, 1.54) is 4.90 Å². The number of aryl methyl sites for hydroxylation is 2. The van der Waals surface area contributed by atoms with E-state index in [1.807, 2.05) is 32.0 Å². The SMILES string of the molecule is Cc1cccc(C)c1OC(=O)N1CCCC1C(=O)O. The zero-order valence-electron chi connectivity index (χ0n) is 11.0. The molecule has 1 atom stereocenters. The third kappa shape index (κ3) is 2.70. The number of hydrogen-bond acceptors (Lipinski definition) is 3. The van der Waals surface area contributed by atoms with Crippen molar-refractivity contribution in [3.05, 3.63) is 29.3 Å². The molecule has 1 N–H and O–H groups in total. The van der Waals surface area contributed by atoms with Crippen LogP contribution in [0.4, 0.5) is 4.79 Å². The molecule has 1 aliphatic rings. The second-order valence-electron chi connectivity index (χ2n) is 4.78. The van der Waals surface area contributed by atoms with Gasteiger partial charge in [0.05, 0.1) is 0 Å². The van der Waals surface area contributed by atoms with E-state index in [0.717, 1.165) is 11.1 Å². The van der Waals surface area contributed by atoms with E-state index in [1.54, 1.807) is 0 Å². The summed E-state index contributed by atoms with van der Waals surface area (Å²) >= 11 is 0. The predicted molar refractivity (Wildman–Crippen MR) is 69.3 cm³/mol. The van der Waals surface area contributed by atoms with Gasteiger partial charge in [-0.3, -0.25) is 4.90 Å². The Labute approximate surface area is 111 Å². The Morgan fingerprint density at radius 2 is 1.95 bits per heavy atom. The van der Waals surface area contributed by atoms with Crippen molar-refractivity contribution in [2.75, 3.05) is 6.54 Å². The van der Waals surface area contributed by atoms with Crippen LogP contribution in [0.1, 0.15) is 24.0 Å². The fourth-order valence-electron chi connectivity index (χ4n) is 2.35. The molecule has 0 aliphatic carbocycles. The van der Waals surface area contributed by atoms with Gasteiger partial charge < -0.3 is 9.84 Å². The number of aliphatic carboxylic acids is 1. The number of benzene rings is 1. The van der Waals surface area contributed by atoms with Crippen molar-refractivity contribution in [3.63, 3.8) is 0 Å².